The van der Waals surface area contributed by atoms with Crippen LogP contribution in [-0.4, -0.2) is 0 Å². The van der Waals surface area contributed by atoms with Gasteiger partial charge in [0, 0.05) is 10.8 Å². The van der Waals surface area contributed by atoms with Gasteiger partial charge < -0.3 is 8.83 Å². The molecule has 2 heteroatoms. The molecule has 0 unspecified atom stereocenters. The van der Waals surface area contributed by atoms with Crippen LogP contribution in [0.15, 0.2) is 57.4 Å². The summed E-state index contributed by atoms with van der Waals surface area (Å²) in [7, 11) is 0. The molecule has 2 aromatic carbocycles. The molecular weight excluding hydrogens is 296 g/mol. The van der Waals surface area contributed by atoms with Crippen molar-refractivity contribution >= 4 is 21.9 Å². The molecule has 122 valence electrons. The second kappa shape index (κ2) is 5.55. The summed E-state index contributed by atoms with van der Waals surface area (Å²) in [6, 6.07) is 16.9. The van der Waals surface area contributed by atoms with Crippen LogP contribution in [0.4, 0.5) is 0 Å². The first-order valence-electron chi connectivity index (χ1n) is 8.58. The molecule has 0 N–H and O–H groups in total. The van der Waals surface area contributed by atoms with Crippen molar-refractivity contribution in [3.63, 3.8) is 0 Å². The highest BCUT2D eigenvalue weighted by Gasteiger charge is 2.13. The van der Waals surface area contributed by atoms with Crippen molar-refractivity contribution in [2.45, 2.75) is 39.5 Å². The van der Waals surface area contributed by atoms with Gasteiger partial charge in [0.05, 0.1) is 0 Å². The Kier molecular flexibility index (Phi) is 3.49. The van der Waals surface area contributed by atoms with Gasteiger partial charge in [-0.05, 0) is 59.4 Å². The Morgan fingerprint density at radius 3 is 1.38 bits per heavy atom. The van der Waals surface area contributed by atoms with E-state index < -0.39 is 0 Å². The van der Waals surface area contributed by atoms with Crippen molar-refractivity contribution in [3.8, 4) is 11.5 Å². The highest BCUT2D eigenvalue weighted by atomic mass is 16.4. The van der Waals surface area contributed by atoms with Gasteiger partial charge >= 0.3 is 0 Å². The first-order valence-corrected chi connectivity index (χ1v) is 8.58. The van der Waals surface area contributed by atoms with Crippen molar-refractivity contribution in [1.82, 2.24) is 0 Å². The number of fused-ring (bicyclic) bond motifs is 2. The number of rotatable bonds is 3. The third-order valence-corrected chi connectivity index (χ3v) is 4.66. The summed E-state index contributed by atoms with van der Waals surface area (Å²) in [5.74, 6) is 2.59. The molecule has 2 aromatic heterocycles. The average molecular weight is 318 g/mol. The van der Waals surface area contributed by atoms with E-state index in [0.717, 1.165) is 33.5 Å². The molecule has 0 aliphatic heterocycles. The van der Waals surface area contributed by atoms with Crippen molar-refractivity contribution in [3.05, 3.63) is 59.7 Å². The van der Waals surface area contributed by atoms with E-state index >= 15 is 0 Å². The lowest BCUT2D eigenvalue weighted by Gasteiger charge is -2.03. The normalized spacial score (nSPS) is 12.1. The van der Waals surface area contributed by atoms with E-state index in [0.29, 0.717) is 11.8 Å². The average Bonchev–Trinajstić information content (AvgIpc) is 3.16. The van der Waals surface area contributed by atoms with E-state index in [9.17, 15) is 0 Å². The lowest BCUT2D eigenvalue weighted by molar-refractivity contribution is 0.569. The SMILES string of the molecule is CC(C)c1ccc2oc(-c3cc4cc(C(C)C)ccc4o3)cc2c1. The van der Waals surface area contributed by atoms with Crippen LogP contribution in [0.5, 0.6) is 0 Å². The van der Waals surface area contributed by atoms with Crippen LogP contribution < -0.4 is 0 Å². The first-order chi connectivity index (χ1) is 11.5. The Morgan fingerprint density at radius 2 is 1.00 bits per heavy atom. The van der Waals surface area contributed by atoms with E-state index in [-0.39, 0.29) is 0 Å². The van der Waals surface area contributed by atoms with Crippen molar-refractivity contribution < 1.29 is 8.83 Å². The van der Waals surface area contributed by atoms with E-state index in [1.807, 2.05) is 12.1 Å². The third-order valence-electron chi connectivity index (χ3n) is 4.66. The minimum absolute atomic E-state index is 0.508. The van der Waals surface area contributed by atoms with Crippen LogP contribution in [-0.2, 0) is 0 Å². The van der Waals surface area contributed by atoms with Gasteiger partial charge in [0.1, 0.15) is 11.2 Å². The summed E-state index contributed by atoms with van der Waals surface area (Å²) in [6.45, 7) is 8.81. The maximum absolute atomic E-state index is 6.00. The lowest BCUT2D eigenvalue weighted by Crippen LogP contribution is -1.84. The zero-order valence-corrected chi connectivity index (χ0v) is 14.6. The van der Waals surface area contributed by atoms with Crippen LogP contribution >= 0.6 is 0 Å². The maximum Gasteiger partial charge on any atom is 0.170 e. The predicted molar refractivity (Wildman–Crippen MR) is 99.6 cm³/mol. The molecule has 0 radical (unpaired) electrons. The summed E-state index contributed by atoms with van der Waals surface area (Å²) in [5, 5.41) is 2.25. The number of furan rings is 2. The molecule has 0 aliphatic rings. The summed E-state index contributed by atoms with van der Waals surface area (Å²) < 4.78 is 12.0. The zero-order valence-electron chi connectivity index (χ0n) is 14.6. The Hall–Kier alpha value is -2.48. The smallest absolute Gasteiger partial charge is 0.170 e. The van der Waals surface area contributed by atoms with E-state index in [2.05, 4.69) is 64.1 Å². The van der Waals surface area contributed by atoms with Gasteiger partial charge in [0.2, 0.25) is 0 Å². The van der Waals surface area contributed by atoms with Crippen LogP contribution in [0.3, 0.4) is 0 Å². The van der Waals surface area contributed by atoms with Gasteiger partial charge in [-0.1, -0.05) is 39.8 Å². The highest BCUT2D eigenvalue weighted by Crippen LogP contribution is 2.34. The standard InChI is InChI=1S/C22H22O2/c1-13(2)15-5-7-19-17(9-15)11-21(23-19)22-12-18-10-16(14(3)4)6-8-20(18)24-22/h5-14H,1-4H3. The van der Waals surface area contributed by atoms with E-state index in [1.54, 1.807) is 0 Å². The summed E-state index contributed by atoms with van der Waals surface area (Å²) in [5.41, 5.74) is 4.44. The highest BCUT2D eigenvalue weighted by molar-refractivity contribution is 5.87. The minimum Gasteiger partial charge on any atom is -0.453 e. The van der Waals surface area contributed by atoms with Crippen LogP contribution in [0, 0.1) is 0 Å². The molecule has 0 bridgehead atoms. The van der Waals surface area contributed by atoms with Crippen LogP contribution in [0.1, 0.15) is 50.7 Å². The molecule has 4 aromatic rings. The number of hydrogen-bond acceptors (Lipinski definition) is 2. The van der Waals surface area contributed by atoms with Gasteiger partial charge in [-0.2, -0.15) is 0 Å². The van der Waals surface area contributed by atoms with Gasteiger partial charge in [0.25, 0.3) is 0 Å². The Balaban J connectivity index is 1.80. The summed E-state index contributed by atoms with van der Waals surface area (Å²) in [6.07, 6.45) is 0. The van der Waals surface area contributed by atoms with Crippen molar-refractivity contribution in [2.24, 2.45) is 0 Å². The van der Waals surface area contributed by atoms with Crippen molar-refractivity contribution in [1.29, 1.82) is 0 Å². The summed E-state index contributed by atoms with van der Waals surface area (Å²) in [4.78, 5) is 0. The quantitative estimate of drug-likeness (QED) is 0.403. The molecule has 2 heterocycles. The van der Waals surface area contributed by atoms with Gasteiger partial charge in [-0.3, -0.25) is 0 Å². The Bertz CT molecular complexity index is 931. The molecule has 0 atom stereocenters. The van der Waals surface area contributed by atoms with Crippen molar-refractivity contribution in [2.75, 3.05) is 0 Å². The molecule has 0 fully saturated rings. The molecule has 0 saturated carbocycles. The second-order valence-corrected chi connectivity index (χ2v) is 7.13. The first kappa shape index (κ1) is 15.1. The number of hydrogen-bond donors (Lipinski definition) is 0. The fourth-order valence-corrected chi connectivity index (χ4v) is 3.08. The Labute approximate surface area is 142 Å². The molecule has 24 heavy (non-hydrogen) atoms. The largest absolute Gasteiger partial charge is 0.453 e. The lowest BCUT2D eigenvalue weighted by atomic mass is 10.0. The van der Waals surface area contributed by atoms with Crippen LogP contribution in [0.25, 0.3) is 33.5 Å². The van der Waals surface area contributed by atoms with E-state index in [1.165, 1.54) is 11.1 Å². The molecule has 4 rings (SSSR count). The topological polar surface area (TPSA) is 26.3 Å². The number of benzene rings is 2. The minimum atomic E-state index is 0.508. The maximum atomic E-state index is 6.00. The molecule has 0 spiro atoms. The van der Waals surface area contributed by atoms with E-state index in [4.69, 9.17) is 8.83 Å². The zero-order chi connectivity index (χ0) is 16.8. The monoisotopic (exact) mass is 318 g/mol. The molecule has 0 amide bonds. The van der Waals surface area contributed by atoms with Gasteiger partial charge in [-0.15, -0.1) is 0 Å². The third kappa shape index (κ3) is 2.52. The predicted octanol–water partition coefficient (Wildman–Crippen LogP) is 7.09. The molecule has 2 nitrogen and oxygen atoms in total. The fourth-order valence-electron chi connectivity index (χ4n) is 3.08. The van der Waals surface area contributed by atoms with Gasteiger partial charge in [0.15, 0.2) is 11.5 Å². The Morgan fingerprint density at radius 1 is 0.583 bits per heavy atom. The molecule has 0 aliphatic carbocycles. The van der Waals surface area contributed by atoms with Gasteiger partial charge in [-0.25, -0.2) is 0 Å². The fraction of sp³-hybridized carbons (Fsp3) is 0.273. The second-order valence-electron chi connectivity index (χ2n) is 7.13. The van der Waals surface area contributed by atoms with Crippen LogP contribution in [0.2, 0.25) is 0 Å². The molecule has 0 saturated heterocycles. The molecular formula is C22H22O2. The summed E-state index contributed by atoms with van der Waals surface area (Å²) >= 11 is 0.